The van der Waals surface area contributed by atoms with Crippen LogP contribution in [0.25, 0.3) is 11.3 Å². The summed E-state index contributed by atoms with van der Waals surface area (Å²) in [5, 5.41) is 10.3. The lowest BCUT2D eigenvalue weighted by molar-refractivity contribution is -0.160. The second-order valence-electron chi connectivity index (χ2n) is 12.9. The number of pyridine rings is 2. The molecule has 1 atom stereocenters. The van der Waals surface area contributed by atoms with E-state index in [-0.39, 0.29) is 17.8 Å². The third kappa shape index (κ3) is 8.19. The van der Waals surface area contributed by atoms with E-state index in [1.54, 1.807) is 12.4 Å². The fraction of sp³-hybridized carbons (Fsp3) is 0.485. The second kappa shape index (κ2) is 12.8. The number of likely N-dealkylation sites (N-methyl/N-ethyl adjacent to an activating group) is 1. The molecule has 1 fully saturated rings. The Bertz CT molecular complexity index is 1410. The first-order valence-corrected chi connectivity index (χ1v) is 14.5. The number of nitrogens with zero attached hydrogens (tertiary/aromatic N) is 4. The van der Waals surface area contributed by atoms with Crippen molar-refractivity contribution in [3.8, 4) is 17.0 Å². The topological polar surface area (TPSA) is 88.0 Å². The lowest BCUT2D eigenvalue weighted by Crippen LogP contribution is -2.39. The summed E-state index contributed by atoms with van der Waals surface area (Å²) >= 11 is 0. The van der Waals surface area contributed by atoms with Gasteiger partial charge in [-0.15, -0.1) is 0 Å². The van der Waals surface area contributed by atoms with E-state index < -0.39 is 29.3 Å². The van der Waals surface area contributed by atoms with Crippen LogP contribution in [0.3, 0.4) is 0 Å². The van der Waals surface area contributed by atoms with E-state index in [9.17, 15) is 18.7 Å². The van der Waals surface area contributed by atoms with Gasteiger partial charge >= 0.3 is 5.97 Å². The lowest BCUT2D eigenvalue weighted by Gasteiger charge is -2.40. The van der Waals surface area contributed by atoms with E-state index in [2.05, 4.69) is 23.7 Å². The third-order valence-corrected chi connectivity index (χ3v) is 7.67. The van der Waals surface area contributed by atoms with Crippen molar-refractivity contribution < 1.29 is 28.2 Å². The van der Waals surface area contributed by atoms with Crippen LogP contribution in [0, 0.1) is 24.0 Å². The van der Waals surface area contributed by atoms with Gasteiger partial charge in [-0.2, -0.15) is 0 Å². The minimum absolute atomic E-state index is 0.130. The molecule has 43 heavy (non-hydrogen) atoms. The number of aliphatic carboxylic acids is 1. The molecule has 0 aliphatic carbocycles. The third-order valence-electron chi connectivity index (χ3n) is 7.67. The summed E-state index contributed by atoms with van der Waals surface area (Å²) in [6.07, 6.45) is 4.23. The zero-order valence-electron chi connectivity index (χ0n) is 26.1. The number of rotatable bonds is 10. The monoisotopic (exact) mass is 596 g/mol. The number of carboxylic acid groups (broad SMARTS) is 1. The molecule has 0 bridgehead atoms. The molecular formula is C33H42F2N4O4. The van der Waals surface area contributed by atoms with Gasteiger partial charge in [0.05, 0.1) is 35.4 Å². The van der Waals surface area contributed by atoms with Crippen LogP contribution in [0.4, 0.5) is 20.2 Å². The Hall–Kier alpha value is -3.79. The van der Waals surface area contributed by atoms with Crippen molar-refractivity contribution in [3.05, 3.63) is 65.6 Å². The number of piperidine rings is 1. The zero-order valence-corrected chi connectivity index (χ0v) is 26.1. The molecule has 2 aromatic heterocycles. The van der Waals surface area contributed by atoms with Gasteiger partial charge in [0.15, 0.2) is 6.10 Å². The van der Waals surface area contributed by atoms with Gasteiger partial charge in [0.25, 0.3) is 0 Å². The van der Waals surface area contributed by atoms with Crippen molar-refractivity contribution in [2.24, 2.45) is 5.41 Å². The molecule has 0 radical (unpaired) electrons. The number of ether oxygens (including phenoxy) is 2. The number of carboxylic acids is 1. The Morgan fingerprint density at radius 2 is 1.74 bits per heavy atom. The predicted molar refractivity (Wildman–Crippen MR) is 164 cm³/mol. The number of hydrogen-bond acceptors (Lipinski definition) is 7. The van der Waals surface area contributed by atoms with E-state index in [4.69, 9.17) is 14.5 Å². The van der Waals surface area contributed by atoms with Crippen molar-refractivity contribution in [3.63, 3.8) is 0 Å². The molecule has 232 valence electrons. The smallest absolute Gasteiger partial charge is 0.337 e. The predicted octanol–water partition coefficient (Wildman–Crippen LogP) is 6.81. The number of anilines is 2. The molecule has 1 saturated heterocycles. The molecule has 4 rings (SSSR count). The maximum atomic E-state index is 13.5. The van der Waals surface area contributed by atoms with Gasteiger partial charge in [-0.05, 0) is 58.1 Å². The summed E-state index contributed by atoms with van der Waals surface area (Å²) in [4.78, 5) is 26.2. The summed E-state index contributed by atoms with van der Waals surface area (Å²) in [5.41, 5.74) is 3.69. The van der Waals surface area contributed by atoms with Crippen LogP contribution < -0.4 is 14.5 Å². The average molecular weight is 597 g/mol. The number of halogens is 2. The summed E-state index contributed by atoms with van der Waals surface area (Å²) < 4.78 is 38.6. The van der Waals surface area contributed by atoms with Crippen LogP contribution in [-0.4, -0.2) is 59.9 Å². The summed E-state index contributed by atoms with van der Waals surface area (Å²) in [7, 11) is 1.87. The maximum Gasteiger partial charge on any atom is 0.337 e. The van der Waals surface area contributed by atoms with Crippen molar-refractivity contribution in [2.45, 2.75) is 66.1 Å². The molecule has 1 N–H and O–H groups in total. The molecule has 0 amide bonds. The number of aryl methyl sites for hydroxylation is 1. The van der Waals surface area contributed by atoms with E-state index in [1.807, 2.05) is 51.8 Å². The average Bonchev–Trinajstić information content (AvgIpc) is 2.91. The van der Waals surface area contributed by atoms with Crippen LogP contribution in [0.15, 0.2) is 42.7 Å². The highest BCUT2D eigenvalue weighted by atomic mass is 19.1. The van der Waals surface area contributed by atoms with Gasteiger partial charge < -0.3 is 24.4 Å². The van der Waals surface area contributed by atoms with Gasteiger partial charge in [0.1, 0.15) is 24.0 Å². The molecule has 0 unspecified atom stereocenters. The zero-order chi connectivity index (χ0) is 31.5. The summed E-state index contributed by atoms with van der Waals surface area (Å²) in [6.45, 7) is 14.1. The fourth-order valence-electron chi connectivity index (χ4n) is 5.19. The van der Waals surface area contributed by atoms with Crippen molar-refractivity contribution >= 4 is 17.3 Å². The van der Waals surface area contributed by atoms with Gasteiger partial charge in [-0.3, -0.25) is 9.97 Å². The Morgan fingerprint density at radius 3 is 2.30 bits per heavy atom. The Kier molecular flexibility index (Phi) is 9.59. The van der Waals surface area contributed by atoms with Gasteiger partial charge in [0.2, 0.25) is 0 Å². The van der Waals surface area contributed by atoms with E-state index in [0.29, 0.717) is 23.5 Å². The number of benzene rings is 1. The SMILES string of the molecule is Cc1ncc(-c2ccc(N(C)CCOc3cc(F)cc(F)c3)cn2)c(N2CCC(C)(C)CC2)c1[C@H](OC(C)(C)C)C(=O)O. The highest BCUT2D eigenvalue weighted by molar-refractivity contribution is 5.85. The van der Waals surface area contributed by atoms with E-state index >= 15 is 0 Å². The van der Waals surface area contributed by atoms with Crippen molar-refractivity contribution in [1.29, 1.82) is 0 Å². The Morgan fingerprint density at radius 1 is 1.09 bits per heavy atom. The molecule has 1 aliphatic rings. The quantitative estimate of drug-likeness (QED) is 0.273. The highest BCUT2D eigenvalue weighted by Gasteiger charge is 2.36. The fourth-order valence-corrected chi connectivity index (χ4v) is 5.19. The molecule has 10 heteroatoms. The number of aromatic nitrogens is 2. The summed E-state index contributed by atoms with van der Waals surface area (Å²) in [5.74, 6) is -2.32. The minimum Gasteiger partial charge on any atom is -0.492 e. The number of hydrogen-bond donors (Lipinski definition) is 1. The van der Waals surface area contributed by atoms with Crippen LogP contribution >= 0.6 is 0 Å². The van der Waals surface area contributed by atoms with Crippen molar-refractivity contribution in [1.82, 2.24) is 9.97 Å². The van der Waals surface area contributed by atoms with E-state index in [1.165, 1.54) is 0 Å². The first-order chi connectivity index (χ1) is 20.1. The normalized spacial score (nSPS) is 15.7. The lowest BCUT2D eigenvalue weighted by atomic mass is 9.82. The first-order valence-electron chi connectivity index (χ1n) is 14.5. The van der Waals surface area contributed by atoms with Gasteiger partial charge in [0, 0.05) is 61.4 Å². The van der Waals surface area contributed by atoms with Crippen LogP contribution in [0.5, 0.6) is 5.75 Å². The van der Waals surface area contributed by atoms with Gasteiger partial charge in [-0.25, -0.2) is 13.6 Å². The van der Waals surface area contributed by atoms with Crippen LogP contribution in [0.1, 0.15) is 64.8 Å². The van der Waals surface area contributed by atoms with E-state index in [0.717, 1.165) is 61.1 Å². The largest absolute Gasteiger partial charge is 0.492 e. The molecule has 3 heterocycles. The molecule has 3 aromatic rings. The molecule has 1 aliphatic heterocycles. The molecule has 0 spiro atoms. The molecular weight excluding hydrogens is 554 g/mol. The maximum absolute atomic E-state index is 13.5. The second-order valence-corrected chi connectivity index (χ2v) is 12.9. The van der Waals surface area contributed by atoms with Crippen LogP contribution in [0.2, 0.25) is 0 Å². The molecule has 1 aromatic carbocycles. The summed E-state index contributed by atoms with van der Waals surface area (Å²) in [6, 6.07) is 6.91. The van der Waals surface area contributed by atoms with Crippen molar-refractivity contribution in [2.75, 3.05) is 43.1 Å². The number of carbonyl (C=O) groups is 1. The standard InChI is InChI=1S/C33H42F2N4O4/c1-21-28(30(31(40)41)43-32(2,3)4)29(39-12-10-33(5,6)11-13-39)26(20-36-21)27-9-8-24(19-37-27)38(7)14-15-42-25-17-22(34)16-23(35)18-25/h8-9,16-20,30H,10-15H2,1-7H3,(H,40,41)/t30-/m0/s1. The Balaban J connectivity index is 1.64. The van der Waals surface area contributed by atoms with Gasteiger partial charge in [-0.1, -0.05) is 13.8 Å². The highest BCUT2D eigenvalue weighted by Crippen LogP contribution is 2.43. The molecule has 8 nitrogen and oxygen atoms in total. The van der Waals surface area contributed by atoms with Crippen LogP contribution in [-0.2, 0) is 9.53 Å². The molecule has 0 saturated carbocycles. The first kappa shape index (κ1) is 32.1. The Labute approximate surface area is 252 Å². The minimum atomic E-state index is -1.20.